The van der Waals surface area contributed by atoms with E-state index in [4.69, 9.17) is 0 Å². The van der Waals surface area contributed by atoms with Gasteiger partial charge in [-0.25, -0.2) is 0 Å². The lowest BCUT2D eigenvalue weighted by Gasteiger charge is -2.35. The van der Waals surface area contributed by atoms with Gasteiger partial charge in [0.2, 0.25) is 0 Å². The lowest BCUT2D eigenvalue weighted by atomic mass is 10.0. The molecule has 0 aliphatic carbocycles. The van der Waals surface area contributed by atoms with E-state index >= 15 is 0 Å². The van der Waals surface area contributed by atoms with Gasteiger partial charge in [-0.15, -0.1) is 0 Å². The van der Waals surface area contributed by atoms with Crippen LogP contribution in [0.15, 0.2) is 48.5 Å². The molecule has 154 valence electrons. The second kappa shape index (κ2) is 9.59. The fraction of sp³-hybridized carbons (Fsp3) is 0.417. The number of nitrogens with zero attached hydrogens (tertiary/aromatic N) is 1. The van der Waals surface area contributed by atoms with Crippen LogP contribution in [0.2, 0.25) is 0 Å². The Morgan fingerprint density at radius 2 is 1.66 bits per heavy atom. The Bertz CT molecular complexity index is 837. The van der Waals surface area contributed by atoms with Gasteiger partial charge in [0.25, 0.3) is 11.8 Å². The second-order valence-corrected chi connectivity index (χ2v) is 7.93. The van der Waals surface area contributed by atoms with E-state index in [1.807, 2.05) is 62.4 Å². The Morgan fingerprint density at radius 1 is 1.00 bits per heavy atom. The van der Waals surface area contributed by atoms with Crippen LogP contribution in [0.3, 0.4) is 0 Å². The quantitative estimate of drug-likeness (QED) is 0.785. The van der Waals surface area contributed by atoms with Crippen LogP contribution in [0.5, 0.6) is 0 Å². The molecular weight excluding hydrogens is 362 g/mol. The van der Waals surface area contributed by atoms with Crippen LogP contribution in [0.4, 0.5) is 5.69 Å². The molecule has 0 radical (unpaired) electrons. The van der Waals surface area contributed by atoms with Gasteiger partial charge < -0.3 is 15.5 Å². The van der Waals surface area contributed by atoms with Gasteiger partial charge in [-0.3, -0.25) is 9.59 Å². The zero-order chi connectivity index (χ0) is 20.8. The van der Waals surface area contributed by atoms with Crippen LogP contribution in [0.1, 0.15) is 59.9 Å². The first-order valence-corrected chi connectivity index (χ1v) is 10.5. The normalized spacial score (nSPS) is 14.7. The van der Waals surface area contributed by atoms with E-state index in [1.165, 1.54) is 5.56 Å². The maximum absolute atomic E-state index is 12.5. The molecule has 5 nitrogen and oxygen atoms in total. The maximum atomic E-state index is 12.5. The molecule has 1 aliphatic rings. The number of piperidine rings is 1. The van der Waals surface area contributed by atoms with Crippen LogP contribution in [0, 0.1) is 0 Å². The lowest BCUT2D eigenvalue weighted by Crippen LogP contribution is -2.45. The van der Waals surface area contributed by atoms with Crippen molar-refractivity contribution in [3.05, 3.63) is 65.2 Å². The molecule has 0 aromatic heterocycles. The summed E-state index contributed by atoms with van der Waals surface area (Å²) in [5.41, 5.74) is 3.61. The largest absolute Gasteiger partial charge is 0.371 e. The summed E-state index contributed by atoms with van der Waals surface area (Å²) in [6, 6.07) is 15.8. The third-order valence-electron chi connectivity index (χ3n) is 5.36. The van der Waals surface area contributed by atoms with Gasteiger partial charge in [0.15, 0.2) is 0 Å². The summed E-state index contributed by atoms with van der Waals surface area (Å²) in [4.78, 5) is 27.3. The average molecular weight is 394 g/mol. The van der Waals surface area contributed by atoms with E-state index in [0.29, 0.717) is 11.1 Å². The summed E-state index contributed by atoms with van der Waals surface area (Å²) < 4.78 is 0. The van der Waals surface area contributed by atoms with Gasteiger partial charge in [0.1, 0.15) is 0 Å². The summed E-state index contributed by atoms with van der Waals surface area (Å²) in [5.74, 6) is -0.0515. The fourth-order valence-corrected chi connectivity index (χ4v) is 3.71. The smallest absolute Gasteiger partial charge is 0.253 e. The van der Waals surface area contributed by atoms with Gasteiger partial charge in [0, 0.05) is 36.4 Å². The third-order valence-corrected chi connectivity index (χ3v) is 5.36. The van der Waals surface area contributed by atoms with Crippen LogP contribution in [-0.4, -0.2) is 37.0 Å². The minimum Gasteiger partial charge on any atom is -0.371 e. The minimum absolute atomic E-state index is 0.0113. The topological polar surface area (TPSA) is 61.4 Å². The molecular formula is C24H31N3O2. The van der Waals surface area contributed by atoms with Crippen molar-refractivity contribution in [2.45, 2.75) is 52.1 Å². The number of anilines is 1. The van der Waals surface area contributed by atoms with Gasteiger partial charge >= 0.3 is 0 Å². The molecule has 0 saturated carbocycles. The number of carbonyl (C=O) groups excluding carboxylic acids is 2. The molecule has 0 unspecified atom stereocenters. The number of para-hydroxylation sites is 1. The molecule has 3 rings (SSSR count). The maximum Gasteiger partial charge on any atom is 0.253 e. The van der Waals surface area contributed by atoms with Crippen LogP contribution >= 0.6 is 0 Å². The molecule has 0 atom stereocenters. The summed E-state index contributed by atoms with van der Waals surface area (Å²) in [6.07, 6.45) is 2.69. The summed E-state index contributed by atoms with van der Waals surface area (Å²) in [6.45, 7) is 7.65. The summed E-state index contributed by atoms with van der Waals surface area (Å²) in [5, 5.41) is 6.14. The molecule has 1 saturated heterocycles. The molecule has 2 aromatic carbocycles. The minimum atomic E-state index is -0.0402. The van der Waals surface area contributed by atoms with E-state index in [-0.39, 0.29) is 23.9 Å². The molecule has 2 amide bonds. The van der Waals surface area contributed by atoms with E-state index in [0.717, 1.165) is 38.0 Å². The molecule has 1 heterocycles. The van der Waals surface area contributed by atoms with Crippen LogP contribution in [0.25, 0.3) is 0 Å². The van der Waals surface area contributed by atoms with Crippen molar-refractivity contribution in [3.63, 3.8) is 0 Å². The second-order valence-electron chi connectivity index (χ2n) is 7.93. The zero-order valence-electron chi connectivity index (χ0n) is 17.6. The highest BCUT2D eigenvalue weighted by molar-refractivity contribution is 6.00. The molecule has 1 fully saturated rings. The summed E-state index contributed by atoms with van der Waals surface area (Å²) >= 11 is 0. The number of carbonyl (C=O) groups is 2. The predicted molar refractivity (Wildman–Crippen MR) is 118 cm³/mol. The Kier molecular flexibility index (Phi) is 6.91. The SMILES string of the molecule is CCc1ccc(C(=O)NC2CCN(c3ccccc3C(=O)NC(C)C)CC2)cc1. The first kappa shape index (κ1) is 20.9. The molecule has 29 heavy (non-hydrogen) atoms. The van der Waals surface area contributed by atoms with Crippen LogP contribution in [-0.2, 0) is 6.42 Å². The molecule has 1 aliphatic heterocycles. The van der Waals surface area contributed by atoms with Crippen molar-refractivity contribution in [3.8, 4) is 0 Å². The van der Waals surface area contributed by atoms with Gasteiger partial charge in [-0.1, -0.05) is 31.2 Å². The molecule has 5 heteroatoms. The average Bonchev–Trinajstić information content (AvgIpc) is 2.74. The monoisotopic (exact) mass is 393 g/mol. The highest BCUT2D eigenvalue weighted by Gasteiger charge is 2.24. The molecule has 2 N–H and O–H groups in total. The van der Waals surface area contributed by atoms with E-state index in [1.54, 1.807) is 0 Å². The zero-order valence-corrected chi connectivity index (χ0v) is 17.6. The number of hydrogen-bond acceptors (Lipinski definition) is 3. The Labute approximate surface area is 173 Å². The number of rotatable bonds is 6. The van der Waals surface area contributed by atoms with Crippen molar-refractivity contribution >= 4 is 17.5 Å². The number of nitrogens with one attached hydrogen (secondary N) is 2. The van der Waals surface area contributed by atoms with Gasteiger partial charge in [-0.2, -0.15) is 0 Å². The summed E-state index contributed by atoms with van der Waals surface area (Å²) in [7, 11) is 0. The molecule has 2 aromatic rings. The van der Waals surface area contributed by atoms with Crippen LogP contribution < -0.4 is 15.5 Å². The fourth-order valence-electron chi connectivity index (χ4n) is 3.71. The van der Waals surface area contributed by atoms with Gasteiger partial charge in [-0.05, 0) is 62.9 Å². The highest BCUT2D eigenvalue weighted by Crippen LogP contribution is 2.24. The van der Waals surface area contributed by atoms with E-state index in [2.05, 4.69) is 22.5 Å². The number of hydrogen-bond donors (Lipinski definition) is 2. The third kappa shape index (κ3) is 5.37. The molecule has 0 spiro atoms. The lowest BCUT2D eigenvalue weighted by molar-refractivity contribution is 0.0928. The van der Waals surface area contributed by atoms with Gasteiger partial charge in [0.05, 0.1) is 5.56 Å². The van der Waals surface area contributed by atoms with E-state index < -0.39 is 0 Å². The Balaban J connectivity index is 1.59. The predicted octanol–water partition coefficient (Wildman–Crippen LogP) is 3.79. The first-order valence-electron chi connectivity index (χ1n) is 10.5. The number of benzene rings is 2. The Morgan fingerprint density at radius 3 is 2.28 bits per heavy atom. The van der Waals surface area contributed by atoms with Crippen molar-refractivity contribution in [1.82, 2.24) is 10.6 Å². The van der Waals surface area contributed by atoms with Crippen molar-refractivity contribution in [2.24, 2.45) is 0 Å². The first-order chi connectivity index (χ1) is 14.0. The Hall–Kier alpha value is -2.82. The van der Waals surface area contributed by atoms with Crippen molar-refractivity contribution < 1.29 is 9.59 Å². The van der Waals surface area contributed by atoms with Crippen molar-refractivity contribution in [2.75, 3.05) is 18.0 Å². The standard InChI is InChI=1S/C24H31N3O2/c1-4-18-9-11-19(12-10-18)23(28)26-20-13-15-27(16-14-20)22-8-6-5-7-21(22)24(29)25-17(2)3/h5-12,17,20H,4,13-16H2,1-3H3,(H,25,29)(H,26,28). The number of amides is 2. The number of aryl methyl sites for hydroxylation is 1. The van der Waals surface area contributed by atoms with E-state index in [9.17, 15) is 9.59 Å². The highest BCUT2D eigenvalue weighted by atomic mass is 16.2. The molecule has 0 bridgehead atoms. The van der Waals surface area contributed by atoms with Crippen molar-refractivity contribution in [1.29, 1.82) is 0 Å².